The van der Waals surface area contributed by atoms with E-state index in [1.165, 1.54) is 6.07 Å². The summed E-state index contributed by atoms with van der Waals surface area (Å²) < 4.78 is 45.6. The third-order valence-corrected chi connectivity index (χ3v) is 7.28. The Kier molecular flexibility index (Phi) is 6.09. The maximum absolute atomic E-state index is 12.0. The topological polar surface area (TPSA) is 72.8 Å². The molecule has 0 saturated heterocycles. The molecule has 0 radical (unpaired) electrons. The molecule has 0 saturated carbocycles. The lowest BCUT2D eigenvalue weighted by Gasteiger charge is -2.16. The van der Waals surface area contributed by atoms with Crippen LogP contribution in [0.15, 0.2) is 89.8 Å². The summed E-state index contributed by atoms with van der Waals surface area (Å²) in [4.78, 5) is -0.0688. The van der Waals surface area contributed by atoms with E-state index < -0.39 is 10.1 Å². The van der Waals surface area contributed by atoms with Crippen molar-refractivity contribution in [1.29, 1.82) is 0 Å². The third-order valence-electron chi connectivity index (χ3n) is 6.33. The lowest BCUT2D eigenvalue weighted by molar-refractivity contribution is 0.233. The average molecular weight is 487 g/mol. The Morgan fingerprint density at radius 2 is 1.69 bits per heavy atom. The monoisotopic (exact) mass is 486 g/mol. The van der Waals surface area contributed by atoms with E-state index in [2.05, 4.69) is 24.3 Å². The lowest BCUT2D eigenvalue weighted by atomic mass is 9.93. The minimum Gasteiger partial charge on any atom is -0.497 e. The second-order valence-corrected chi connectivity index (χ2v) is 10.2. The molecule has 0 fully saturated rings. The minimum atomic E-state index is -4.33. The van der Waals surface area contributed by atoms with Gasteiger partial charge in [0.2, 0.25) is 0 Å². The molecule has 178 valence electrons. The highest BCUT2D eigenvalue weighted by molar-refractivity contribution is 7.85. The summed E-state index contributed by atoms with van der Waals surface area (Å²) in [6.45, 7) is 1.90. The Bertz CT molecular complexity index is 1490. The van der Waals surface area contributed by atoms with Crippen molar-refractivity contribution in [3.63, 3.8) is 0 Å². The summed E-state index contributed by atoms with van der Waals surface area (Å²) >= 11 is 0. The molecule has 1 aliphatic rings. The van der Waals surface area contributed by atoms with Crippen LogP contribution in [-0.2, 0) is 23.0 Å². The van der Waals surface area contributed by atoms with Crippen LogP contribution in [0, 0.1) is 6.92 Å². The number of rotatable bonds is 6. The van der Waals surface area contributed by atoms with Gasteiger partial charge in [-0.1, -0.05) is 60.2 Å². The Morgan fingerprint density at radius 1 is 0.914 bits per heavy atom. The SMILES string of the molecule is COc1cccc(-c2cc(-c3ccccc3)cc3c2OC(Cc2cc(C)ccc2S(=O)(=O)O)C3)c1. The van der Waals surface area contributed by atoms with Crippen molar-refractivity contribution < 1.29 is 22.4 Å². The number of hydrogen-bond donors (Lipinski definition) is 1. The molecule has 1 N–H and O–H groups in total. The van der Waals surface area contributed by atoms with Gasteiger partial charge in [-0.3, -0.25) is 4.55 Å². The highest BCUT2D eigenvalue weighted by Crippen LogP contribution is 2.43. The fourth-order valence-electron chi connectivity index (χ4n) is 4.71. The van der Waals surface area contributed by atoms with E-state index >= 15 is 0 Å². The molecule has 5 nitrogen and oxygen atoms in total. The summed E-state index contributed by atoms with van der Waals surface area (Å²) in [6, 6.07) is 27.3. The molecule has 35 heavy (non-hydrogen) atoms. The van der Waals surface area contributed by atoms with Crippen LogP contribution in [0.2, 0.25) is 0 Å². The van der Waals surface area contributed by atoms with Gasteiger partial charge in [0.1, 0.15) is 17.6 Å². The van der Waals surface area contributed by atoms with E-state index in [0.29, 0.717) is 18.4 Å². The number of benzene rings is 4. The van der Waals surface area contributed by atoms with Crippen LogP contribution in [-0.4, -0.2) is 26.2 Å². The fraction of sp³-hybridized carbons (Fsp3) is 0.172. The molecular formula is C29H26O5S. The van der Waals surface area contributed by atoms with Crippen molar-refractivity contribution in [2.45, 2.75) is 30.8 Å². The quantitative estimate of drug-likeness (QED) is 0.332. The molecular weight excluding hydrogens is 460 g/mol. The molecule has 1 unspecified atom stereocenters. The van der Waals surface area contributed by atoms with Crippen LogP contribution in [0.25, 0.3) is 22.3 Å². The highest BCUT2D eigenvalue weighted by atomic mass is 32.2. The first-order chi connectivity index (χ1) is 16.8. The van der Waals surface area contributed by atoms with Crippen LogP contribution < -0.4 is 9.47 Å². The van der Waals surface area contributed by atoms with Crippen LogP contribution in [0.5, 0.6) is 11.5 Å². The van der Waals surface area contributed by atoms with E-state index in [-0.39, 0.29) is 11.0 Å². The lowest BCUT2D eigenvalue weighted by Crippen LogP contribution is -2.18. The van der Waals surface area contributed by atoms with Crippen molar-refractivity contribution in [2.75, 3.05) is 7.11 Å². The molecule has 1 heterocycles. The maximum atomic E-state index is 12.0. The predicted molar refractivity (Wildman–Crippen MR) is 137 cm³/mol. The third kappa shape index (κ3) is 4.81. The molecule has 1 aliphatic heterocycles. The van der Waals surface area contributed by atoms with E-state index in [1.807, 2.05) is 49.4 Å². The first-order valence-electron chi connectivity index (χ1n) is 11.4. The summed E-state index contributed by atoms with van der Waals surface area (Å²) in [7, 11) is -2.69. The van der Waals surface area contributed by atoms with E-state index in [9.17, 15) is 13.0 Å². The largest absolute Gasteiger partial charge is 0.497 e. The van der Waals surface area contributed by atoms with E-state index in [1.54, 1.807) is 19.2 Å². The molecule has 6 heteroatoms. The van der Waals surface area contributed by atoms with Crippen LogP contribution in [0.1, 0.15) is 16.7 Å². The molecule has 1 atom stereocenters. The molecule has 0 aromatic heterocycles. The number of methoxy groups -OCH3 is 1. The molecule has 5 rings (SSSR count). The smallest absolute Gasteiger partial charge is 0.294 e. The second-order valence-electron chi connectivity index (χ2n) is 8.84. The van der Waals surface area contributed by atoms with E-state index in [0.717, 1.165) is 44.9 Å². The van der Waals surface area contributed by atoms with Gasteiger partial charge in [0.25, 0.3) is 10.1 Å². The van der Waals surface area contributed by atoms with Gasteiger partial charge in [-0.2, -0.15) is 8.42 Å². The van der Waals surface area contributed by atoms with Crippen LogP contribution in [0.4, 0.5) is 0 Å². The molecule has 0 bridgehead atoms. The standard InChI is InChI=1S/C29H26O5S/c1-19-11-12-28(35(30,31)32)23(13-19)16-26-17-24-14-22(20-7-4-3-5-8-20)18-27(29(24)34-26)21-9-6-10-25(15-21)33-2/h3-15,18,26H,16-17H2,1-2H3,(H,30,31,32). The molecule has 0 amide bonds. The van der Waals surface area contributed by atoms with Crippen LogP contribution >= 0.6 is 0 Å². The minimum absolute atomic E-state index is 0.0688. The predicted octanol–water partition coefficient (Wildman–Crippen LogP) is 6.13. The Hall–Kier alpha value is -3.61. The van der Waals surface area contributed by atoms with Gasteiger partial charge in [0, 0.05) is 18.4 Å². The molecule has 4 aromatic carbocycles. The first-order valence-corrected chi connectivity index (χ1v) is 12.9. The average Bonchev–Trinajstić information content (AvgIpc) is 3.25. The zero-order valence-corrected chi connectivity index (χ0v) is 20.4. The normalized spacial score (nSPS) is 14.9. The van der Waals surface area contributed by atoms with Crippen molar-refractivity contribution in [1.82, 2.24) is 0 Å². The fourth-order valence-corrected chi connectivity index (χ4v) is 5.43. The van der Waals surface area contributed by atoms with Crippen molar-refractivity contribution in [3.8, 4) is 33.8 Å². The van der Waals surface area contributed by atoms with Gasteiger partial charge in [-0.25, -0.2) is 0 Å². The Labute approximate surface area is 205 Å². The maximum Gasteiger partial charge on any atom is 0.294 e. The zero-order valence-electron chi connectivity index (χ0n) is 19.6. The Morgan fingerprint density at radius 3 is 2.43 bits per heavy atom. The van der Waals surface area contributed by atoms with Crippen LogP contribution in [0.3, 0.4) is 0 Å². The summed E-state index contributed by atoms with van der Waals surface area (Å²) in [5, 5.41) is 0. The van der Waals surface area contributed by atoms with E-state index in [4.69, 9.17) is 9.47 Å². The van der Waals surface area contributed by atoms with Crippen molar-refractivity contribution >= 4 is 10.1 Å². The van der Waals surface area contributed by atoms with Gasteiger partial charge >= 0.3 is 0 Å². The van der Waals surface area contributed by atoms with Gasteiger partial charge in [0.15, 0.2) is 0 Å². The molecule has 0 spiro atoms. The van der Waals surface area contributed by atoms with Gasteiger partial charge in [0.05, 0.1) is 12.0 Å². The number of aryl methyl sites for hydroxylation is 1. The summed E-state index contributed by atoms with van der Waals surface area (Å²) in [6.07, 6.45) is 0.734. The highest BCUT2D eigenvalue weighted by Gasteiger charge is 2.29. The second kappa shape index (κ2) is 9.21. The van der Waals surface area contributed by atoms with Gasteiger partial charge in [-0.15, -0.1) is 0 Å². The Balaban J connectivity index is 1.57. The first kappa shape index (κ1) is 23.1. The van der Waals surface area contributed by atoms with Gasteiger partial charge in [-0.05, 0) is 65.1 Å². The van der Waals surface area contributed by atoms with Crippen molar-refractivity contribution in [3.05, 3.63) is 102 Å². The molecule has 4 aromatic rings. The van der Waals surface area contributed by atoms with Gasteiger partial charge < -0.3 is 9.47 Å². The molecule has 0 aliphatic carbocycles. The van der Waals surface area contributed by atoms with Crippen molar-refractivity contribution in [2.24, 2.45) is 0 Å². The number of hydrogen-bond acceptors (Lipinski definition) is 4. The number of ether oxygens (including phenoxy) is 2. The summed E-state index contributed by atoms with van der Waals surface area (Å²) in [5.74, 6) is 1.55. The number of fused-ring (bicyclic) bond motifs is 1. The summed E-state index contributed by atoms with van der Waals surface area (Å²) in [5.41, 5.74) is 6.67. The zero-order chi connectivity index (χ0) is 24.6.